The van der Waals surface area contributed by atoms with Gasteiger partial charge in [-0.15, -0.1) is 0 Å². The Kier molecular flexibility index (Phi) is 6.53. The van der Waals surface area contributed by atoms with E-state index in [2.05, 4.69) is 21.2 Å². The van der Waals surface area contributed by atoms with Crippen LogP contribution in [0.4, 0.5) is 4.79 Å². The molecular formula is C9H16BrNO3. The van der Waals surface area contributed by atoms with Crippen LogP contribution in [0, 0.1) is 5.92 Å². The quantitative estimate of drug-likeness (QED) is 0.771. The summed E-state index contributed by atoms with van der Waals surface area (Å²) in [5.41, 5.74) is 0. The number of hydrogen-bond donors (Lipinski definition) is 1. The highest BCUT2D eigenvalue weighted by Gasteiger charge is 2.20. The van der Waals surface area contributed by atoms with Crippen LogP contribution in [0.5, 0.6) is 0 Å². The number of Topliss-reactive ketones (excluding diaryl/α,β-unsaturated/α-hetero) is 1. The van der Waals surface area contributed by atoms with Crippen LogP contribution in [0.2, 0.25) is 0 Å². The highest BCUT2D eigenvalue weighted by Crippen LogP contribution is 2.06. The first-order valence-electron chi connectivity index (χ1n) is 4.54. The Bertz CT molecular complexity index is 208. The summed E-state index contributed by atoms with van der Waals surface area (Å²) in [6, 6.07) is -0.209. The Hall–Kier alpha value is -0.580. The number of carbonyl (C=O) groups is 2. The maximum Gasteiger partial charge on any atom is 0.407 e. The van der Waals surface area contributed by atoms with Gasteiger partial charge in [-0.25, -0.2) is 4.79 Å². The summed E-state index contributed by atoms with van der Waals surface area (Å²) in [7, 11) is 0. The maximum absolute atomic E-state index is 11.3. The Morgan fingerprint density at radius 3 is 2.43 bits per heavy atom. The lowest BCUT2D eigenvalue weighted by molar-refractivity contribution is -0.120. The van der Waals surface area contributed by atoms with Crippen molar-refractivity contribution < 1.29 is 14.3 Å². The second kappa shape index (κ2) is 6.81. The molecule has 4 nitrogen and oxygen atoms in total. The predicted octanol–water partition coefficient (Wildman–Crippen LogP) is 1.72. The van der Waals surface area contributed by atoms with Crippen molar-refractivity contribution in [2.75, 3.05) is 11.9 Å². The third-order valence-corrected chi connectivity index (χ3v) is 2.56. The first-order chi connectivity index (χ1) is 6.52. The number of ether oxygens (including phenoxy) is 1. The van der Waals surface area contributed by atoms with Gasteiger partial charge >= 0.3 is 6.09 Å². The number of amides is 1. The third kappa shape index (κ3) is 4.60. The molecule has 0 aromatic rings. The van der Waals surface area contributed by atoms with E-state index in [0.717, 1.165) is 0 Å². The van der Waals surface area contributed by atoms with Crippen LogP contribution in [0.15, 0.2) is 0 Å². The third-order valence-electron chi connectivity index (χ3n) is 2.01. The minimum Gasteiger partial charge on any atom is -0.450 e. The van der Waals surface area contributed by atoms with Crippen molar-refractivity contribution in [2.45, 2.75) is 26.8 Å². The summed E-state index contributed by atoms with van der Waals surface area (Å²) in [5.74, 6) is -0.145. The van der Waals surface area contributed by atoms with Gasteiger partial charge < -0.3 is 10.1 Å². The smallest absolute Gasteiger partial charge is 0.407 e. The summed E-state index contributed by atoms with van der Waals surface area (Å²) >= 11 is 3.09. The van der Waals surface area contributed by atoms with Crippen LogP contribution in [-0.2, 0) is 9.53 Å². The van der Waals surface area contributed by atoms with Crippen LogP contribution in [0.3, 0.4) is 0 Å². The molecule has 0 aliphatic rings. The molecular weight excluding hydrogens is 250 g/mol. The molecule has 0 aliphatic carbocycles. The van der Waals surface area contributed by atoms with Gasteiger partial charge in [0, 0.05) is 12.0 Å². The normalized spacial score (nSPS) is 14.3. The number of ketones is 1. The van der Waals surface area contributed by atoms with E-state index in [4.69, 9.17) is 4.74 Å². The van der Waals surface area contributed by atoms with Gasteiger partial charge in [0.25, 0.3) is 0 Å². The first-order valence-corrected chi connectivity index (χ1v) is 5.67. The minimum absolute atomic E-state index is 0.0642. The Labute approximate surface area is 92.5 Å². The minimum atomic E-state index is -0.478. The zero-order chi connectivity index (χ0) is 11.1. The van der Waals surface area contributed by atoms with Gasteiger partial charge in [-0.2, -0.15) is 0 Å². The van der Waals surface area contributed by atoms with Crippen molar-refractivity contribution in [3.63, 3.8) is 0 Å². The summed E-state index contributed by atoms with van der Waals surface area (Å²) in [5, 5.41) is 2.90. The molecule has 0 spiro atoms. The molecule has 82 valence electrons. The van der Waals surface area contributed by atoms with E-state index in [9.17, 15) is 9.59 Å². The molecule has 0 saturated carbocycles. The molecule has 5 heteroatoms. The van der Waals surface area contributed by atoms with Crippen molar-refractivity contribution in [1.82, 2.24) is 5.32 Å². The van der Waals surface area contributed by atoms with Crippen LogP contribution in [0.1, 0.15) is 20.8 Å². The number of carbonyl (C=O) groups excluding carboxylic acids is 2. The average Bonchev–Trinajstić information content (AvgIpc) is 2.15. The molecule has 0 bridgehead atoms. The lowest BCUT2D eigenvalue weighted by Crippen LogP contribution is -2.40. The van der Waals surface area contributed by atoms with Gasteiger partial charge in [-0.05, 0) is 13.8 Å². The van der Waals surface area contributed by atoms with E-state index in [1.165, 1.54) is 0 Å². The number of nitrogens with one attached hydrogen (secondary N) is 1. The van der Waals surface area contributed by atoms with Gasteiger partial charge in [0.1, 0.15) is 5.78 Å². The molecule has 0 aromatic carbocycles. The summed E-state index contributed by atoms with van der Waals surface area (Å²) in [6.45, 7) is 5.62. The lowest BCUT2D eigenvalue weighted by atomic mass is 10.00. The van der Waals surface area contributed by atoms with Crippen molar-refractivity contribution >= 4 is 27.8 Å². The number of halogens is 1. The monoisotopic (exact) mass is 265 g/mol. The average molecular weight is 266 g/mol. The van der Waals surface area contributed by atoms with Crippen LogP contribution in [0.25, 0.3) is 0 Å². The van der Waals surface area contributed by atoms with Gasteiger partial charge in [-0.1, -0.05) is 22.9 Å². The molecule has 2 atom stereocenters. The fourth-order valence-electron chi connectivity index (χ4n) is 0.884. The van der Waals surface area contributed by atoms with Crippen molar-refractivity contribution in [1.29, 1.82) is 0 Å². The molecule has 0 rings (SSSR count). The van der Waals surface area contributed by atoms with Crippen molar-refractivity contribution in [3.05, 3.63) is 0 Å². The number of alkyl halides is 1. The van der Waals surface area contributed by atoms with Crippen LogP contribution in [-0.4, -0.2) is 29.9 Å². The second-order valence-corrected chi connectivity index (χ2v) is 3.60. The van der Waals surface area contributed by atoms with Gasteiger partial charge in [0.15, 0.2) is 0 Å². The van der Waals surface area contributed by atoms with Gasteiger partial charge in [-0.3, -0.25) is 4.79 Å². The second-order valence-electron chi connectivity index (χ2n) is 3.04. The topological polar surface area (TPSA) is 55.4 Å². The highest BCUT2D eigenvalue weighted by molar-refractivity contribution is 9.09. The number of rotatable bonds is 5. The summed E-state index contributed by atoms with van der Waals surface area (Å²) in [6.07, 6.45) is -0.478. The Morgan fingerprint density at radius 2 is 2.00 bits per heavy atom. The van der Waals surface area contributed by atoms with E-state index in [1.54, 1.807) is 20.8 Å². The van der Waals surface area contributed by atoms with Crippen LogP contribution < -0.4 is 5.32 Å². The zero-order valence-corrected chi connectivity index (χ0v) is 10.3. The van der Waals surface area contributed by atoms with E-state index in [-0.39, 0.29) is 17.7 Å². The van der Waals surface area contributed by atoms with E-state index in [1.807, 2.05) is 0 Å². The highest BCUT2D eigenvalue weighted by atomic mass is 79.9. The first kappa shape index (κ1) is 13.4. The van der Waals surface area contributed by atoms with E-state index < -0.39 is 6.09 Å². The van der Waals surface area contributed by atoms with Gasteiger partial charge in [0.2, 0.25) is 0 Å². The SMILES string of the molecule is CCOC(=O)NC(C)C(C)C(=O)CBr. The lowest BCUT2D eigenvalue weighted by Gasteiger charge is -2.18. The van der Waals surface area contributed by atoms with Crippen molar-refractivity contribution in [2.24, 2.45) is 5.92 Å². The molecule has 14 heavy (non-hydrogen) atoms. The van der Waals surface area contributed by atoms with Crippen LogP contribution >= 0.6 is 15.9 Å². The predicted molar refractivity (Wildman–Crippen MR) is 57.6 cm³/mol. The molecule has 0 heterocycles. The van der Waals surface area contributed by atoms with Gasteiger partial charge in [0.05, 0.1) is 11.9 Å². The molecule has 0 saturated heterocycles. The molecule has 0 radical (unpaired) electrons. The molecule has 1 N–H and O–H groups in total. The van der Waals surface area contributed by atoms with E-state index in [0.29, 0.717) is 11.9 Å². The molecule has 2 unspecified atom stereocenters. The molecule has 0 aromatic heterocycles. The Morgan fingerprint density at radius 1 is 1.43 bits per heavy atom. The maximum atomic E-state index is 11.3. The standard InChI is InChI=1S/C9H16BrNO3/c1-4-14-9(13)11-7(3)6(2)8(12)5-10/h6-7H,4-5H2,1-3H3,(H,11,13). The largest absolute Gasteiger partial charge is 0.450 e. The van der Waals surface area contributed by atoms with Crippen molar-refractivity contribution in [3.8, 4) is 0 Å². The number of hydrogen-bond acceptors (Lipinski definition) is 3. The molecule has 0 fully saturated rings. The number of alkyl carbamates (subject to hydrolysis) is 1. The fraction of sp³-hybridized carbons (Fsp3) is 0.778. The molecule has 1 amide bonds. The fourth-order valence-corrected chi connectivity index (χ4v) is 1.39. The Balaban J connectivity index is 4.00. The molecule has 0 aliphatic heterocycles. The summed E-state index contributed by atoms with van der Waals surface area (Å²) < 4.78 is 4.70. The van der Waals surface area contributed by atoms with E-state index >= 15 is 0 Å². The summed E-state index contributed by atoms with van der Waals surface area (Å²) in [4.78, 5) is 22.3. The zero-order valence-electron chi connectivity index (χ0n) is 8.67.